The molecule has 1 heterocycles. The van der Waals surface area contributed by atoms with Gasteiger partial charge >= 0.3 is 5.97 Å². The van der Waals surface area contributed by atoms with Gasteiger partial charge in [-0.05, 0) is 18.2 Å². The summed E-state index contributed by atoms with van der Waals surface area (Å²) in [6, 6.07) is 4.38. The van der Waals surface area contributed by atoms with E-state index < -0.39 is 18.0 Å². The van der Waals surface area contributed by atoms with Crippen LogP contribution in [0, 0.1) is 0 Å². The molecule has 23 heavy (non-hydrogen) atoms. The van der Waals surface area contributed by atoms with E-state index in [9.17, 15) is 14.4 Å². The Morgan fingerprint density at radius 2 is 2.04 bits per heavy atom. The van der Waals surface area contributed by atoms with Crippen LogP contribution in [-0.2, 0) is 14.3 Å². The number of rotatable bonds is 4. The summed E-state index contributed by atoms with van der Waals surface area (Å²) in [7, 11) is 0. The number of carbonyl (C=O) groups excluding carboxylic acids is 2. The van der Waals surface area contributed by atoms with Crippen molar-refractivity contribution in [1.82, 2.24) is 10.2 Å². The molecule has 1 fully saturated rings. The van der Waals surface area contributed by atoms with Crippen LogP contribution >= 0.6 is 23.2 Å². The second-order valence-electron chi connectivity index (χ2n) is 4.85. The van der Waals surface area contributed by atoms with Gasteiger partial charge in [-0.2, -0.15) is 0 Å². The van der Waals surface area contributed by atoms with Gasteiger partial charge in [-0.25, -0.2) is 4.79 Å². The van der Waals surface area contributed by atoms with E-state index in [4.69, 9.17) is 33.0 Å². The summed E-state index contributed by atoms with van der Waals surface area (Å²) >= 11 is 11.6. The molecule has 0 aromatic heterocycles. The third-order valence-corrected chi connectivity index (χ3v) is 4.02. The molecule has 124 valence electrons. The van der Waals surface area contributed by atoms with E-state index in [0.717, 1.165) is 0 Å². The fourth-order valence-corrected chi connectivity index (χ4v) is 2.33. The van der Waals surface area contributed by atoms with Crippen LogP contribution in [0.25, 0.3) is 0 Å². The van der Waals surface area contributed by atoms with Crippen molar-refractivity contribution >= 4 is 41.0 Å². The lowest BCUT2D eigenvalue weighted by Gasteiger charge is -2.30. The van der Waals surface area contributed by atoms with Crippen LogP contribution in [0.2, 0.25) is 10.0 Å². The molecular weight excluding hydrogens is 347 g/mol. The highest BCUT2D eigenvalue weighted by Gasteiger charge is 2.28. The average Bonchev–Trinajstić information content (AvgIpc) is 2.54. The Balaban J connectivity index is 1.89. The second-order valence-corrected chi connectivity index (χ2v) is 5.66. The van der Waals surface area contributed by atoms with Gasteiger partial charge in [0.05, 0.1) is 29.7 Å². The molecule has 1 aliphatic rings. The lowest BCUT2D eigenvalue weighted by atomic mass is 10.2. The van der Waals surface area contributed by atoms with E-state index in [2.05, 4.69) is 5.32 Å². The molecule has 1 atom stereocenters. The maximum atomic E-state index is 12.0. The van der Waals surface area contributed by atoms with Gasteiger partial charge in [-0.15, -0.1) is 0 Å². The Kier molecular flexibility index (Phi) is 5.81. The lowest BCUT2D eigenvalue weighted by Crippen LogP contribution is -2.51. The first kappa shape index (κ1) is 17.5. The largest absolute Gasteiger partial charge is 0.479 e. The molecule has 0 bridgehead atoms. The van der Waals surface area contributed by atoms with Crippen molar-refractivity contribution in [1.29, 1.82) is 0 Å². The number of carboxylic acid groups (broad SMARTS) is 1. The molecule has 1 aliphatic heterocycles. The number of hydrogen-bond donors (Lipinski definition) is 2. The molecule has 1 aromatic rings. The average molecular weight is 361 g/mol. The first-order chi connectivity index (χ1) is 10.9. The number of aliphatic carboxylic acids is 1. The number of hydrogen-bond acceptors (Lipinski definition) is 4. The van der Waals surface area contributed by atoms with Crippen molar-refractivity contribution in [3.8, 4) is 0 Å². The molecule has 2 amide bonds. The van der Waals surface area contributed by atoms with Gasteiger partial charge in [0.15, 0.2) is 6.10 Å². The number of ether oxygens (including phenoxy) is 1. The van der Waals surface area contributed by atoms with Gasteiger partial charge in [0.25, 0.3) is 5.91 Å². The maximum Gasteiger partial charge on any atom is 0.334 e. The Labute approximate surface area is 142 Å². The van der Waals surface area contributed by atoms with E-state index in [0.29, 0.717) is 5.02 Å². The highest BCUT2D eigenvalue weighted by atomic mass is 35.5. The summed E-state index contributed by atoms with van der Waals surface area (Å²) in [6.07, 6.45) is -1.04. The Bertz CT molecular complexity index is 638. The Hall–Kier alpha value is -1.83. The van der Waals surface area contributed by atoms with Crippen molar-refractivity contribution in [2.45, 2.75) is 6.10 Å². The second kappa shape index (κ2) is 7.63. The zero-order chi connectivity index (χ0) is 17.0. The number of nitrogens with one attached hydrogen (secondary N) is 1. The van der Waals surface area contributed by atoms with Crippen molar-refractivity contribution < 1.29 is 24.2 Å². The van der Waals surface area contributed by atoms with Gasteiger partial charge in [0.1, 0.15) is 0 Å². The third kappa shape index (κ3) is 4.57. The number of carboxylic acids is 1. The fraction of sp³-hybridized carbons (Fsp3) is 0.357. The molecule has 2 N–H and O–H groups in total. The summed E-state index contributed by atoms with van der Waals surface area (Å²) in [6.45, 7) is 0.136. The Morgan fingerprint density at radius 3 is 2.70 bits per heavy atom. The summed E-state index contributed by atoms with van der Waals surface area (Å²) in [5.74, 6) is -1.98. The van der Waals surface area contributed by atoms with E-state index in [-0.39, 0.29) is 42.7 Å². The molecule has 0 radical (unpaired) electrons. The van der Waals surface area contributed by atoms with Crippen LogP contribution in [0.4, 0.5) is 0 Å². The number of nitrogens with zero attached hydrogens (tertiary/aromatic N) is 1. The topological polar surface area (TPSA) is 95.9 Å². The molecule has 1 unspecified atom stereocenters. The van der Waals surface area contributed by atoms with E-state index in [1.807, 2.05) is 0 Å². The first-order valence-electron chi connectivity index (χ1n) is 6.74. The zero-order valence-electron chi connectivity index (χ0n) is 11.9. The van der Waals surface area contributed by atoms with Gasteiger partial charge < -0.3 is 20.1 Å². The number of halogens is 2. The highest BCUT2D eigenvalue weighted by molar-refractivity contribution is 6.42. The van der Waals surface area contributed by atoms with E-state index in [1.54, 1.807) is 0 Å². The van der Waals surface area contributed by atoms with Gasteiger partial charge in [-0.3, -0.25) is 9.59 Å². The van der Waals surface area contributed by atoms with Crippen LogP contribution in [0.1, 0.15) is 10.4 Å². The van der Waals surface area contributed by atoms with Crippen molar-refractivity contribution in [3.63, 3.8) is 0 Å². The van der Waals surface area contributed by atoms with Crippen molar-refractivity contribution in [2.75, 3.05) is 26.2 Å². The van der Waals surface area contributed by atoms with Crippen LogP contribution in [-0.4, -0.2) is 60.1 Å². The quantitative estimate of drug-likeness (QED) is 0.835. The molecule has 9 heteroatoms. The zero-order valence-corrected chi connectivity index (χ0v) is 13.4. The third-order valence-electron chi connectivity index (χ3n) is 3.28. The van der Waals surface area contributed by atoms with E-state index in [1.165, 1.54) is 23.1 Å². The minimum Gasteiger partial charge on any atom is -0.479 e. The number of benzene rings is 1. The summed E-state index contributed by atoms with van der Waals surface area (Å²) in [4.78, 5) is 36.2. The summed E-state index contributed by atoms with van der Waals surface area (Å²) < 4.78 is 5.03. The number of morpholine rings is 1. The van der Waals surface area contributed by atoms with Gasteiger partial charge in [0.2, 0.25) is 5.91 Å². The lowest BCUT2D eigenvalue weighted by molar-refractivity contribution is -0.159. The van der Waals surface area contributed by atoms with E-state index >= 15 is 0 Å². The van der Waals surface area contributed by atoms with Crippen LogP contribution in [0.5, 0.6) is 0 Å². The maximum absolute atomic E-state index is 12.0. The van der Waals surface area contributed by atoms with Gasteiger partial charge in [-0.1, -0.05) is 23.2 Å². The van der Waals surface area contributed by atoms with Gasteiger partial charge in [0, 0.05) is 12.1 Å². The minimum absolute atomic E-state index is 0.0448. The van der Waals surface area contributed by atoms with Crippen molar-refractivity contribution in [3.05, 3.63) is 33.8 Å². The molecule has 1 saturated heterocycles. The summed E-state index contributed by atoms with van der Waals surface area (Å²) in [5, 5.41) is 11.9. The SMILES string of the molecule is O=C(NCC(=O)N1CCOC(C(=O)O)C1)c1ccc(Cl)c(Cl)c1. The Morgan fingerprint density at radius 1 is 1.30 bits per heavy atom. The predicted molar refractivity (Wildman–Crippen MR) is 82.8 cm³/mol. The molecule has 0 saturated carbocycles. The van der Waals surface area contributed by atoms with Crippen LogP contribution in [0.15, 0.2) is 18.2 Å². The predicted octanol–water partition coefficient (Wildman–Crippen LogP) is 1.04. The number of carbonyl (C=O) groups is 3. The minimum atomic E-state index is -1.12. The first-order valence-corrected chi connectivity index (χ1v) is 7.49. The monoisotopic (exact) mass is 360 g/mol. The molecule has 1 aromatic carbocycles. The highest BCUT2D eigenvalue weighted by Crippen LogP contribution is 2.22. The standard InChI is InChI=1S/C14H14Cl2N2O5/c15-9-2-1-8(5-10(9)16)13(20)17-6-12(19)18-3-4-23-11(7-18)14(21)22/h1-2,5,11H,3-4,6-7H2,(H,17,20)(H,21,22). The summed E-state index contributed by atoms with van der Waals surface area (Å²) in [5.41, 5.74) is 0.276. The molecule has 2 rings (SSSR count). The van der Waals surface area contributed by atoms with Crippen LogP contribution in [0.3, 0.4) is 0 Å². The van der Waals surface area contributed by atoms with Crippen LogP contribution < -0.4 is 5.32 Å². The smallest absolute Gasteiger partial charge is 0.334 e. The van der Waals surface area contributed by atoms with Crippen molar-refractivity contribution in [2.24, 2.45) is 0 Å². The molecular formula is C14H14Cl2N2O5. The molecule has 0 aliphatic carbocycles. The fourth-order valence-electron chi connectivity index (χ4n) is 2.03. The number of amides is 2. The molecule has 7 nitrogen and oxygen atoms in total. The normalized spacial score (nSPS) is 17.7. The molecule has 0 spiro atoms.